The molecule has 2 rings (SSSR count). The topological polar surface area (TPSA) is 26.0 Å². The number of benzene rings is 1. The van der Waals surface area contributed by atoms with Crippen molar-refractivity contribution in [3.05, 3.63) is 28.3 Å². The second kappa shape index (κ2) is 2.55. The fourth-order valence-electron chi connectivity index (χ4n) is 1.07. The second-order valence-corrected chi connectivity index (χ2v) is 3.32. The molecule has 0 spiro atoms. The van der Waals surface area contributed by atoms with Crippen molar-refractivity contribution >= 4 is 27.0 Å². The van der Waals surface area contributed by atoms with Crippen LogP contribution in [0, 0.1) is 12.7 Å². The highest BCUT2D eigenvalue weighted by Gasteiger charge is 2.07. The maximum atomic E-state index is 12.8. The molecule has 2 aromatic rings. The fraction of sp³-hybridized carbons (Fsp3) is 0.125. The number of rotatable bonds is 0. The third kappa shape index (κ3) is 1.12. The lowest BCUT2D eigenvalue weighted by molar-refractivity contribution is 0.558. The lowest BCUT2D eigenvalue weighted by atomic mass is 10.3. The van der Waals surface area contributed by atoms with E-state index >= 15 is 0 Å². The van der Waals surface area contributed by atoms with Crippen molar-refractivity contribution in [3.63, 3.8) is 0 Å². The molecular weight excluding hydrogens is 225 g/mol. The number of hydrogen-bond donors (Lipinski definition) is 0. The predicted molar refractivity (Wildman–Crippen MR) is 46.4 cm³/mol. The Morgan fingerprint density at radius 2 is 2.25 bits per heavy atom. The molecule has 62 valence electrons. The Bertz CT molecular complexity index is 438. The Hall–Kier alpha value is -0.900. The molecular formula is C8H5BrFNO. The molecule has 0 radical (unpaired) electrons. The van der Waals surface area contributed by atoms with Crippen LogP contribution < -0.4 is 0 Å². The van der Waals surface area contributed by atoms with Crippen LogP contribution in [0.25, 0.3) is 11.1 Å². The van der Waals surface area contributed by atoms with Gasteiger partial charge in [0.2, 0.25) is 0 Å². The van der Waals surface area contributed by atoms with E-state index in [0.717, 1.165) is 0 Å². The molecule has 0 saturated heterocycles. The molecule has 0 unspecified atom stereocenters. The Morgan fingerprint density at radius 1 is 1.50 bits per heavy atom. The van der Waals surface area contributed by atoms with Gasteiger partial charge in [-0.05, 0) is 22.0 Å². The molecule has 12 heavy (non-hydrogen) atoms. The summed E-state index contributed by atoms with van der Waals surface area (Å²) in [4.78, 5) is 4.00. The number of nitrogens with zero attached hydrogens (tertiary/aromatic N) is 1. The van der Waals surface area contributed by atoms with Gasteiger partial charge in [0.25, 0.3) is 0 Å². The van der Waals surface area contributed by atoms with E-state index in [2.05, 4.69) is 20.9 Å². The summed E-state index contributed by atoms with van der Waals surface area (Å²) in [6, 6.07) is 2.70. The van der Waals surface area contributed by atoms with Gasteiger partial charge in [-0.15, -0.1) is 0 Å². The molecule has 4 heteroatoms. The summed E-state index contributed by atoms with van der Waals surface area (Å²) in [5, 5.41) is 0. The first-order valence-corrected chi connectivity index (χ1v) is 4.18. The summed E-state index contributed by atoms with van der Waals surface area (Å²) in [6.45, 7) is 1.73. The molecule has 2 nitrogen and oxygen atoms in total. The molecule has 0 atom stereocenters. The zero-order chi connectivity index (χ0) is 8.72. The highest BCUT2D eigenvalue weighted by Crippen LogP contribution is 2.25. The molecule has 1 aromatic carbocycles. The van der Waals surface area contributed by atoms with Crippen LogP contribution in [0.3, 0.4) is 0 Å². The van der Waals surface area contributed by atoms with Crippen molar-refractivity contribution in [2.75, 3.05) is 0 Å². The van der Waals surface area contributed by atoms with E-state index in [4.69, 9.17) is 4.42 Å². The van der Waals surface area contributed by atoms with Crippen molar-refractivity contribution < 1.29 is 8.81 Å². The largest absolute Gasteiger partial charge is 0.440 e. The summed E-state index contributed by atoms with van der Waals surface area (Å²) in [7, 11) is 0. The van der Waals surface area contributed by atoms with E-state index in [-0.39, 0.29) is 5.82 Å². The van der Waals surface area contributed by atoms with E-state index in [0.29, 0.717) is 21.5 Å². The van der Waals surface area contributed by atoms with Crippen LogP contribution in [-0.2, 0) is 0 Å². The molecule has 1 heterocycles. The summed E-state index contributed by atoms with van der Waals surface area (Å²) in [6.07, 6.45) is 0. The monoisotopic (exact) mass is 229 g/mol. The predicted octanol–water partition coefficient (Wildman–Crippen LogP) is 3.04. The van der Waals surface area contributed by atoms with Gasteiger partial charge in [0, 0.05) is 13.0 Å². The van der Waals surface area contributed by atoms with E-state index in [1.807, 2.05) is 0 Å². The van der Waals surface area contributed by atoms with E-state index in [9.17, 15) is 4.39 Å². The van der Waals surface area contributed by atoms with Crippen LogP contribution in [-0.4, -0.2) is 4.98 Å². The number of halogens is 2. The molecule has 0 saturated carbocycles. The molecule has 0 bridgehead atoms. The van der Waals surface area contributed by atoms with E-state index < -0.39 is 0 Å². The van der Waals surface area contributed by atoms with E-state index in [1.54, 1.807) is 6.92 Å². The molecule has 0 aliphatic carbocycles. The summed E-state index contributed by atoms with van der Waals surface area (Å²) in [5.74, 6) is 0.221. The van der Waals surface area contributed by atoms with Gasteiger partial charge in [-0.25, -0.2) is 9.37 Å². The van der Waals surface area contributed by atoms with Crippen LogP contribution in [0.5, 0.6) is 0 Å². The molecule has 0 amide bonds. The minimum absolute atomic E-state index is 0.317. The molecule has 0 aliphatic heterocycles. The van der Waals surface area contributed by atoms with Crippen LogP contribution in [0.4, 0.5) is 4.39 Å². The van der Waals surface area contributed by atoms with Crippen molar-refractivity contribution in [3.8, 4) is 0 Å². The van der Waals surface area contributed by atoms with Gasteiger partial charge in [-0.1, -0.05) is 0 Å². The summed E-state index contributed by atoms with van der Waals surface area (Å²) < 4.78 is 18.6. The van der Waals surface area contributed by atoms with Crippen LogP contribution in [0.15, 0.2) is 21.0 Å². The Kier molecular flexibility index (Phi) is 1.65. The van der Waals surface area contributed by atoms with Crippen LogP contribution in [0.1, 0.15) is 5.89 Å². The van der Waals surface area contributed by atoms with E-state index in [1.165, 1.54) is 12.1 Å². The fourth-order valence-corrected chi connectivity index (χ4v) is 1.57. The van der Waals surface area contributed by atoms with Gasteiger partial charge in [-0.3, -0.25) is 0 Å². The maximum Gasteiger partial charge on any atom is 0.192 e. The first-order chi connectivity index (χ1) is 5.66. The molecule has 1 aromatic heterocycles. The van der Waals surface area contributed by atoms with Crippen LogP contribution in [0.2, 0.25) is 0 Å². The Labute approximate surface area is 76.5 Å². The smallest absolute Gasteiger partial charge is 0.192 e. The Balaban J connectivity index is 2.88. The highest BCUT2D eigenvalue weighted by molar-refractivity contribution is 9.10. The van der Waals surface area contributed by atoms with Gasteiger partial charge in [0.1, 0.15) is 11.3 Å². The lowest BCUT2D eigenvalue weighted by Crippen LogP contribution is -1.75. The number of fused-ring (bicyclic) bond motifs is 1. The highest BCUT2D eigenvalue weighted by atomic mass is 79.9. The van der Waals surface area contributed by atoms with Crippen molar-refractivity contribution in [2.45, 2.75) is 6.92 Å². The number of oxazole rings is 1. The number of aromatic nitrogens is 1. The molecule has 0 aliphatic rings. The van der Waals surface area contributed by atoms with Gasteiger partial charge >= 0.3 is 0 Å². The lowest BCUT2D eigenvalue weighted by Gasteiger charge is -1.90. The van der Waals surface area contributed by atoms with Gasteiger partial charge < -0.3 is 4.42 Å². The van der Waals surface area contributed by atoms with Gasteiger partial charge in [0.05, 0.1) is 4.47 Å². The zero-order valence-corrected chi connectivity index (χ0v) is 7.85. The first kappa shape index (κ1) is 7.73. The third-order valence-corrected chi connectivity index (χ3v) is 2.11. The average molecular weight is 230 g/mol. The number of hydrogen-bond acceptors (Lipinski definition) is 2. The maximum absolute atomic E-state index is 12.8. The average Bonchev–Trinajstić information content (AvgIpc) is 2.29. The second-order valence-electron chi connectivity index (χ2n) is 2.47. The molecule has 0 N–H and O–H groups in total. The van der Waals surface area contributed by atoms with Gasteiger partial charge in [-0.2, -0.15) is 0 Å². The minimum Gasteiger partial charge on any atom is -0.440 e. The van der Waals surface area contributed by atoms with Crippen LogP contribution >= 0.6 is 15.9 Å². The first-order valence-electron chi connectivity index (χ1n) is 3.39. The third-order valence-electron chi connectivity index (χ3n) is 1.52. The summed E-state index contributed by atoms with van der Waals surface area (Å²) in [5.41, 5.74) is 1.13. The number of aryl methyl sites for hydroxylation is 1. The van der Waals surface area contributed by atoms with Crippen molar-refractivity contribution in [1.82, 2.24) is 4.98 Å². The quantitative estimate of drug-likeness (QED) is 0.695. The molecule has 0 fully saturated rings. The minimum atomic E-state index is -0.317. The summed E-state index contributed by atoms with van der Waals surface area (Å²) >= 11 is 3.19. The van der Waals surface area contributed by atoms with Crippen molar-refractivity contribution in [2.24, 2.45) is 0 Å². The van der Waals surface area contributed by atoms with Gasteiger partial charge in [0.15, 0.2) is 11.5 Å². The Morgan fingerprint density at radius 3 is 3.00 bits per heavy atom. The SMILES string of the molecule is Cc1nc2cc(F)cc(Br)c2o1. The zero-order valence-electron chi connectivity index (χ0n) is 6.27. The normalized spacial score (nSPS) is 10.9. The van der Waals surface area contributed by atoms with Crippen molar-refractivity contribution in [1.29, 1.82) is 0 Å². The standard InChI is InChI=1S/C8H5BrFNO/c1-4-11-7-3-5(10)2-6(9)8(7)12-4/h2-3H,1H3.